The summed E-state index contributed by atoms with van der Waals surface area (Å²) >= 11 is 0. The number of nitrogens with zero attached hydrogens (tertiary/aromatic N) is 1. The van der Waals surface area contributed by atoms with Gasteiger partial charge in [-0.1, -0.05) is 18.2 Å². The summed E-state index contributed by atoms with van der Waals surface area (Å²) in [6.07, 6.45) is 1.01. The lowest BCUT2D eigenvalue weighted by molar-refractivity contribution is -0.141. The Balaban J connectivity index is 2.07. The van der Waals surface area contributed by atoms with Crippen molar-refractivity contribution in [2.75, 3.05) is 12.5 Å². The average Bonchev–Trinajstić information content (AvgIpc) is 2.62. The van der Waals surface area contributed by atoms with Crippen LogP contribution in [0.5, 0.6) is 0 Å². The van der Waals surface area contributed by atoms with Gasteiger partial charge in [0.05, 0.1) is 18.8 Å². The second-order valence-corrected chi connectivity index (χ2v) is 3.74. The van der Waals surface area contributed by atoms with Gasteiger partial charge >= 0.3 is 5.97 Å². The molecule has 1 aliphatic rings. The van der Waals surface area contributed by atoms with Crippen LogP contribution in [0.15, 0.2) is 24.3 Å². The van der Waals surface area contributed by atoms with Crippen molar-refractivity contribution in [3.05, 3.63) is 29.8 Å². The van der Waals surface area contributed by atoms with Crippen LogP contribution in [0.4, 0.5) is 5.69 Å². The van der Waals surface area contributed by atoms with E-state index in [2.05, 4.69) is 10.2 Å². The Morgan fingerprint density at radius 1 is 1.56 bits per heavy atom. The Bertz CT molecular complexity index is 395. The molecule has 1 atom stereocenters. The normalized spacial score (nSPS) is 19.0. The van der Waals surface area contributed by atoms with E-state index in [1.807, 2.05) is 24.3 Å². The average molecular weight is 221 g/mol. The Labute approximate surface area is 94.1 Å². The lowest BCUT2D eigenvalue weighted by Crippen LogP contribution is -2.35. The molecule has 1 aromatic carbocycles. The highest BCUT2D eigenvalue weighted by atomic mass is 16.5. The maximum absolute atomic E-state index is 11.1. The minimum atomic E-state index is -0.210. The molecule has 0 fully saturated rings. The van der Waals surface area contributed by atoms with E-state index in [1.54, 1.807) is 0 Å². The third kappa shape index (κ3) is 2.00. The molecule has 86 valence electrons. The van der Waals surface area contributed by atoms with Crippen LogP contribution >= 0.6 is 0 Å². The van der Waals surface area contributed by atoms with Crippen LogP contribution in [-0.2, 0) is 9.53 Å². The third-order valence-corrected chi connectivity index (χ3v) is 2.75. The van der Waals surface area contributed by atoms with Crippen LogP contribution in [0.1, 0.15) is 24.4 Å². The summed E-state index contributed by atoms with van der Waals surface area (Å²) in [5.41, 5.74) is 5.17. The molecule has 3 N–H and O–H groups in total. The standard InChI is InChI=1S/C11H15N3O2/c1-16-11(15)7-6-10-8-4-2-3-5-9(8)13-14(10)12/h2-5,10,13H,6-7,12H2,1H3. The molecule has 16 heavy (non-hydrogen) atoms. The number of carbonyl (C=O) groups is 1. The van der Waals surface area contributed by atoms with Gasteiger partial charge in [-0.25, -0.2) is 0 Å². The summed E-state index contributed by atoms with van der Waals surface area (Å²) in [6.45, 7) is 0. The summed E-state index contributed by atoms with van der Waals surface area (Å²) in [5, 5.41) is 1.54. The quantitative estimate of drug-likeness (QED) is 0.593. The number of para-hydroxylation sites is 1. The molecule has 5 heteroatoms. The second-order valence-electron chi connectivity index (χ2n) is 3.74. The molecule has 1 aliphatic heterocycles. The number of esters is 1. The molecular formula is C11H15N3O2. The first kappa shape index (κ1) is 10.9. The number of hydrogen-bond acceptors (Lipinski definition) is 5. The first-order chi connectivity index (χ1) is 7.72. The molecule has 0 saturated heterocycles. The fraction of sp³-hybridized carbons (Fsp3) is 0.364. The SMILES string of the molecule is COC(=O)CCC1c2ccccc2NN1N. The highest BCUT2D eigenvalue weighted by Crippen LogP contribution is 2.35. The monoisotopic (exact) mass is 221 g/mol. The number of ether oxygens (including phenoxy) is 1. The minimum Gasteiger partial charge on any atom is -0.469 e. The van der Waals surface area contributed by atoms with Gasteiger partial charge in [0.2, 0.25) is 0 Å². The van der Waals surface area contributed by atoms with Crippen LogP contribution in [0.3, 0.4) is 0 Å². The van der Waals surface area contributed by atoms with Crippen molar-refractivity contribution in [3.8, 4) is 0 Å². The van der Waals surface area contributed by atoms with Crippen molar-refractivity contribution < 1.29 is 9.53 Å². The topological polar surface area (TPSA) is 67.6 Å². The molecule has 0 spiro atoms. The van der Waals surface area contributed by atoms with Crippen LogP contribution < -0.4 is 11.3 Å². The zero-order valence-corrected chi connectivity index (χ0v) is 9.14. The van der Waals surface area contributed by atoms with Crippen LogP contribution in [-0.4, -0.2) is 18.2 Å². The van der Waals surface area contributed by atoms with Crippen molar-refractivity contribution in [3.63, 3.8) is 0 Å². The van der Waals surface area contributed by atoms with Gasteiger partial charge in [0.1, 0.15) is 0 Å². The molecule has 0 bridgehead atoms. The van der Waals surface area contributed by atoms with Crippen LogP contribution in [0.25, 0.3) is 0 Å². The van der Waals surface area contributed by atoms with Gasteiger partial charge in [-0.3, -0.25) is 10.6 Å². The summed E-state index contributed by atoms with van der Waals surface area (Å²) in [4.78, 5) is 11.1. The summed E-state index contributed by atoms with van der Waals surface area (Å²) in [5.74, 6) is 5.62. The molecule has 0 amide bonds. The fourth-order valence-corrected chi connectivity index (χ4v) is 1.91. The Morgan fingerprint density at radius 3 is 3.06 bits per heavy atom. The van der Waals surface area contributed by atoms with Crippen molar-refractivity contribution in [1.29, 1.82) is 0 Å². The second kappa shape index (κ2) is 4.51. The van der Waals surface area contributed by atoms with E-state index in [0.29, 0.717) is 12.8 Å². The Hall–Kier alpha value is -1.59. The summed E-state index contributed by atoms with van der Waals surface area (Å²) < 4.78 is 4.61. The number of hydrazine groups is 2. The molecule has 0 aromatic heterocycles. The molecule has 0 saturated carbocycles. The number of nitrogens with one attached hydrogen (secondary N) is 1. The van der Waals surface area contributed by atoms with Crippen molar-refractivity contribution in [2.45, 2.75) is 18.9 Å². The van der Waals surface area contributed by atoms with E-state index in [4.69, 9.17) is 5.84 Å². The van der Waals surface area contributed by atoms with Gasteiger partial charge in [0.15, 0.2) is 0 Å². The predicted octanol–water partition coefficient (Wildman–Crippen LogP) is 1.20. The first-order valence-corrected chi connectivity index (χ1v) is 5.18. The van der Waals surface area contributed by atoms with Gasteiger partial charge in [-0.15, -0.1) is 0 Å². The first-order valence-electron chi connectivity index (χ1n) is 5.18. The molecule has 0 aliphatic carbocycles. The number of rotatable bonds is 3. The van der Waals surface area contributed by atoms with Crippen LogP contribution in [0.2, 0.25) is 0 Å². The van der Waals surface area contributed by atoms with Gasteiger partial charge in [0.25, 0.3) is 0 Å². The van der Waals surface area contributed by atoms with E-state index in [0.717, 1.165) is 11.3 Å². The molecule has 1 heterocycles. The molecule has 2 rings (SSSR count). The smallest absolute Gasteiger partial charge is 0.305 e. The number of fused-ring (bicyclic) bond motifs is 1. The zero-order chi connectivity index (χ0) is 11.5. The number of nitrogens with two attached hydrogens (primary N) is 1. The number of methoxy groups -OCH3 is 1. The van der Waals surface area contributed by atoms with Gasteiger partial charge in [0, 0.05) is 6.42 Å². The molecule has 5 nitrogen and oxygen atoms in total. The van der Waals surface area contributed by atoms with E-state index in [1.165, 1.54) is 12.2 Å². The highest BCUT2D eigenvalue weighted by Gasteiger charge is 2.27. The minimum absolute atomic E-state index is 0.0234. The molecule has 1 aromatic rings. The summed E-state index contributed by atoms with van der Waals surface area (Å²) in [7, 11) is 1.39. The van der Waals surface area contributed by atoms with Crippen molar-refractivity contribution >= 4 is 11.7 Å². The lowest BCUT2D eigenvalue weighted by Gasteiger charge is -2.18. The summed E-state index contributed by atoms with van der Waals surface area (Å²) in [6, 6.07) is 7.91. The lowest BCUT2D eigenvalue weighted by atomic mass is 10.0. The predicted molar refractivity (Wildman–Crippen MR) is 60.1 cm³/mol. The third-order valence-electron chi connectivity index (χ3n) is 2.75. The maximum atomic E-state index is 11.1. The molecule has 0 radical (unpaired) electrons. The largest absolute Gasteiger partial charge is 0.469 e. The molecular weight excluding hydrogens is 206 g/mol. The maximum Gasteiger partial charge on any atom is 0.305 e. The van der Waals surface area contributed by atoms with E-state index < -0.39 is 0 Å². The van der Waals surface area contributed by atoms with Crippen molar-refractivity contribution in [1.82, 2.24) is 5.12 Å². The highest BCUT2D eigenvalue weighted by molar-refractivity contribution is 5.69. The van der Waals surface area contributed by atoms with Gasteiger partial charge in [-0.05, 0) is 18.1 Å². The number of benzene rings is 1. The van der Waals surface area contributed by atoms with Crippen molar-refractivity contribution in [2.24, 2.45) is 5.84 Å². The van der Waals surface area contributed by atoms with Gasteiger partial charge in [-0.2, -0.15) is 5.12 Å². The number of carbonyl (C=O) groups excluding carboxylic acids is 1. The number of hydrogen-bond donors (Lipinski definition) is 2. The van der Waals surface area contributed by atoms with E-state index >= 15 is 0 Å². The fourth-order valence-electron chi connectivity index (χ4n) is 1.91. The Morgan fingerprint density at radius 2 is 2.31 bits per heavy atom. The number of anilines is 1. The van der Waals surface area contributed by atoms with E-state index in [9.17, 15) is 4.79 Å². The van der Waals surface area contributed by atoms with Gasteiger partial charge < -0.3 is 10.2 Å². The van der Waals surface area contributed by atoms with Crippen LogP contribution in [0, 0.1) is 0 Å². The Kier molecular flexibility index (Phi) is 3.07. The zero-order valence-electron chi connectivity index (χ0n) is 9.14. The van der Waals surface area contributed by atoms with E-state index in [-0.39, 0.29) is 12.0 Å². The molecule has 1 unspecified atom stereocenters.